The topological polar surface area (TPSA) is 71.3 Å². The smallest absolute Gasteiger partial charge is 0.191 e. The number of rotatable bonds is 8. The second kappa shape index (κ2) is 10.8. The van der Waals surface area contributed by atoms with Crippen molar-refractivity contribution in [3.63, 3.8) is 0 Å². The first kappa shape index (κ1) is 21.9. The number of nitrogens with one attached hydrogen (secondary N) is 2. The van der Waals surface area contributed by atoms with Gasteiger partial charge in [-0.25, -0.2) is 0 Å². The Kier molecular flexibility index (Phi) is 8.80. The molecular formula is C20H37N5OS. The van der Waals surface area contributed by atoms with Gasteiger partial charge in [-0.15, -0.1) is 0 Å². The lowest BCUT2D eigenvalue weighted by molar-refractivity contribution is 0.411. The summed E-state index contributed by atoms with van der Waals surface area (Å²) in [4.78, 5) is 4.81. The maximum Gasteiger partial charge on any atom is 0.191 e. The van der Waals surface area contributed by atoms with Crippen LogP contribution in [0.5, 0.6) is 0 Å². The predicted octanol–water partition coefficient (Wildman–Crippen LogP) is 2.77. The highest BCUT2D eigenvalue weighted by atomic mass is 32.2. The Bertz CT molecular complexity index is 642. The highest BCUT2D eigenvalue weighted by Crippen LogP contribution is 2.23. The molecule has 0 aliphatic heterocycles. The van der Waals surface area contributed by atoms with Gasteiger partial charge in [0.2, 0.25) is 0 Å². The van der Waals surface area contributed by atoms with E-state index in [0.717, 1.165) is 62.7 Å². The van der Waals surface area contributed by atoms with Crippen LogP contribution in [-0.2, 0) is 17.3 Å². The van der Waals surface area contributed by atoms with Crippen LogP contribution < -0.4 is 10.6 Å². The molecule has 0 amide bonds. The first-order valence-electron chi connectivity index (χ1n) is 10.4. The summed E-state index contributed by atoms with van der Waals surface area (Å²) in [6.07, 6.45) is 4.34. The molecule has 0 radical (unpaired) electrons. The predicted molar refractivity (Wildman–Crippen MR) is 115 cm³/mol. The average Bonchev–Trinajstić information content (AvgIpc) is 2.96. The van der Waals surface area contributed by atoms with Crippen LogP contribution in [0.3, 0.4) is 0 Å². The molecule has 2 N–H and O–H groups in total. The third-order valence-corrected chi connectivity index (χ3v) is 6.86. The van der Waals surface area contributed by atoms with Crippen LogP contribution in [0.2, 0.25) is 0 Å². The number of hydrogen-bond acceptors (Lipinski definition) is 3. The van der Waals surface area contributed by atoms with Crippen molar-refractivity contribution in [2.24, 2.45) is 10.9 Å². The van der Waals surface area contributed by atoms with Crippen LogP contribution >= 0.6 is 0 Å². The first-order valence-corrected chi connectivity index (χ1v) is 11.7. The molecule has 0 bridgehead atoms. The van der Waals surface area contributed by atoms with E-state index in [0.29, 0.717) is 17.2 Å². The van der Waals surface area contributed by atoms with Gasteiger partial charge in [-0.1, -0.05) is 20.3 Å². The normalized spacial score (nSPS) is 23.1. The van der Waals surface area contributed by atoms with Gasteiger partial charge in [0.15, 0.2) is 5.96 Å². The van der Waals surface area contributed by atoms with Gasteiger partial charge >= 0.3 is 0 Å². The molecule has 2 rings (SSSR count). The molecule has 27 heavy (non-hydrogen) atoms. The quantitative estimate of drug-likeness (QED) is 0.524. The molecular weight excluding hydrogens is 358 g/mol. The van der Waals surface area contributed by atoms with Crippen LogP contribution in [0.4, 0.5) is 0 Å². The fraction of sp³-hybridized carbons (Fsp3) is 0.800. The molecule has 0 aromatic carbocycles. The van der Waals surface area contributed by atoms with E-state index in [1.165, 1.54) is 5.69 Å². The molecule has 1 saturated carbocycles. The zero-order valence-corrected chi connectivity index (χ0v) is 18.4. The van der Waals surface area contributed by atoms with Gasteiger partial charge in [0.1, 0.15) is 0 Å². The van der Waals surface area contributed by atoms with Crippen molar-refractivity contribution < 1.29 is 4.21 Å². The lowest BCUT2D eigenvalue weighted by atomic mass is 9.95. The summed E-state index contributed by atoms with van der Waals surface area (Å²) in [5.41, 5.74) is 2.26. The van der Waals surface area contributed by atoms with E-state index in [1.54, 1.807) is 0 Å². The zero-order chi connectivity index (χ0) is 19.8. The zero-order valence-electron chi connectivity index (χ0n) is 17.6. The molecule has 1 aromatic rings. The number of aromatic nitrogens is 2. The number of aliphatic imine (C=N–C) groups is 1. The molecule has 0 saturated heterocycles. The van der Waals surface area contributed by atoms with Crippen molar-refractivity contribution in [1.29, 1.82) is 0 Å². The summed E-state index contributed by atoms with van der Waals surface area (Å²) >= 11 is 0. The van der Waals surface area contributed by atoms with Crippen molar-refractivity contribution in [2.75, 3.05) is 18.8 Å². The van der Waals surface area contributed by atoms with E-state index >= 15 is 0 Å². The Morgan fingerprint density at radius 1 is 1.41 bits per heavy atom. The van der Waals surface area contributed by atoms with Gasteiger partial charge in [0, 0.05) is 53.2 Å². The van der Waals surface area contributed by atoms with Gasteiger partial charge in [-0.05, 0) is 52.0 Å². The number of guanidine groups is 1. The van der Waals surface area contributed by atoms with Crippen molar-refractivity contribution >= 4 is 16.8 Å². The second-order valence-electron chi connectivity index (χ2n) is 7.73. The summed E-state index contributed by atoms with van der Waals surface area (Å²) in [6.45, 7) is 12.9. The Labute approximate surface area is 167 Å². The molecule has 1 aliphatic rings. The minimum atomic E-state index is -0.697. The van der Waals surface area contributed by atoms with Crippen molar-refractivity contribution in [3.8, 4) is 0 Å². The third-order valence-electron chi connectivity index (χ3n) is 5.12. The van der Waals surface area contributed by atoms with Crippen molar-refractivity contribution in [3.05, 3.63) is 17.5 Å². The van der Waals surface area contributed by atoms with Crippen LogP contribution in [0, 0.1) is 19.8 Å². The Morgan fingerprint density at radius 2 is 2.19 bits per heavy atom. The molecule has 7 heteroatoms. The van der Waals surface area contributed by atoms with E-state index in [9.17, 15) is 4.21 Å². The Hall–Kier alpha value is -1.37. The van der Waals surface area contributed by atoms with Gasteiger partial charge in [-0.3, -0.25) is 13.9 Å². The molecule has 154 valence electrons. The minimum Gasteiger partial charge on any atom is -0.357 e. The van der Waals surface area contributed by atoms with E-state index in [-0.39, 0.29) is 0 Å². The Morgan fingerprint density at radius 3 is 2.81 bits per heavy atom. The summed E-state index contributed by atoms with van der Waals surface area (Å²) < 4.78 is 14.2. The molecule has 4 atom stereocenters. The summed E-state index contributed by atoms with van der Waals surface area (Å²) in [5.74, 6) is 2.05. The average molecular weight is 396 g/mol. The summed E-state index contributed by atoms with van der Waals surface area (Å²) in [5, 5.41) is 11.8. The number of nitrogens with zero attached hydrogens (tertiary/aromatic N) is 3. The number of aryl methyl sites for hydroxylation is 2. The maximum absolute atomic E-state index is 12.2. The molecule has 4 unspecified atom stereocenters. The van der Waals surface area contributed by atoms with Crippen molar-refractivity contribution in [2.45, 2.75) is 78.1 Å². The lowest BCUT2D eigenvalue weighted by Crippen LogP contribution is -2.46. The van der Waals surface area contributed by atoms with Gasteiger partial charge < -0.3 is 10.6 Å². The summed E-state index contributed by atoms with van der Waals surface area (Å²) in [7, 11) is -0.697. The van der Waals surface area contributed by atoms with Crippen LogP contribution in [-0.4, -0.2) is 50.1 Å². The monoisotopic (exact) mass is 395 g/mol. The van der Waals surface area contributed by atoms with Gasteiger partial charge in [-0.2, -0.15) is 5.10 Å². The van der Waals surface area contributed by atoms with Crippen molar-refractivity contribution in [1.82, 2.24) is 20.4 Å². The molecule has 0 spiro atoms. The van der Waals surface area contributed by atoms with Crippen LogP contribution in [0.1, 0.15) is 57.8 Å². The van der Waals surface area contributed by atoms with Gasteiger partial charge in [0.25, 0.3) is 0 Å². The lowest BCUT2D eigenvalue weighted by Gasteiger charge is -2.30. The standard InChI is InChI=1S/C20H37N5OS/c1-6-21-20(23-18-9-8-10-19(12-18)27(26)7-2)22-13-15(3)14-25-17(5)11-16(4)24-25/h11,15,18-19H,6-10,12-14H2,1-5H3,(H2,21,22,23). The molecule has 1 aliphatic carbocycles. The maximum atomic E-state index is 12.2. The molecule has 6 nitrogen and oxygen atoms in total. The Balaban J connectivity index is 1.91. The molecule has 1 fully saturated rings. The number of hydrogen-bond donors (Lipinski definition) is 2. The highest BCUT2D eigenvalue weighted by Gasteiger charge is 2.26. The fourth-order valence-corrected chi connectivity index (χ4v) is 5.07. The molecule has 1 aromatic heterocycles. The molecule has 1 heterocycles. The first-order chi connectivity index (χ1) is 12.9. The van der Waals surface area contributed by atoms with Crippen LogP contribution in [0.25, 0.3) is 0 Å². The van der Waals surface area contributed by atoms with E-state index < -0.39 is 10.8 Å². The second-order valence-corrected chi connectivity index (χ2v) is 9.74. The van der Waals surface area contributed by atoms with Crippen LogP contribution in [0.15, 0.2) is 11.1 Å². The fourth-order valence-electron chi connectivity index (χ4n) is 3.72. The minimum absolute atomic E-state index is 0.328. The van der Waals surface area contributed by atoms with Gasteiger partial charge in [0.05, 0.1) is 5.69 Å². The SMILES string of the molecule is CCNC(=NCC(C)Cn1nc(C)cc1C)NC1CCCC(S(=O)CC)C1. The largest absolute Gasteiger partial charge is 0.357 e. The summed E-state index contributed by atoms with van der Waals surface area (Å²) in [6, 6.07) is 2.48. The highest BCUT2D eigenvalue weighted by molar-refractivity contribution is 7.85. The van der Waals surface area contributed by atoms with E-state index in [4.69, 9.17) is 4.99 Å². The van der Waals surface area contributed by atoms with E-state index in [2.05, 4.69) is 47.3 Å². The third kappa shape index (κ3) is 6.94. The van der Waals surface area contributed by atoms with E-state index in [1.807, 2.05) is 13.8 Å².